The van der Waals surface area contributed by atoms with Crippen LogP contribution in [0, 0.1) is 12.7 Å². The minimum atomic E-state index is -4.38. The molecule has 24 heavy (non-hydrogen) atoms. The molecule has 1 N–H and O–H groups in total. The Labute approximate surface area is 136 Å². The number of carbonyl (C=O) groups is 1. The van der Waals surface area contributed by atoms with Crippen LogP contribution in [-0.2, 0) is 11.3 Å². The van der Waals surface area contributed by atoms with E-state index in [1.54, 1.807) is 13.0 Å². The Balaban J connectivity index is 1.97. The first kappa shape index (κ1) is 17.9. The highest BCUT2D eigenvalue weighted by molar-refractivity contribution is 6.04. The number of anilines is 1. The van der Waals surface area contributed by atoms with Gasteiger partial charge in [-0.25, -0.2) is 4.39 Å². The number of alkyl halides is 3. The topological polar surface area (TPSA) is 38.3 Å². The maximum atomic E-state index is 13.6. The molecular formula is C17H15F4NO2. The van der Waals surface area contributed by atoms with Gasteiger partial charge in [-0.3, -0.25) is 4.79 Å². The molecule has 0 aromatic heterocycles. The van der Waals surface area contributed by atoms with Crippen molar-refractivity contribution in [3.05, 3.63) is 65.0 Å². The zero-order valence-electron chi connectivity index (χ0n) is 12.8. The Hall–Kier alpha value is -2.41. The number of carbonyl (C=O) groups excluding carboxylic acids is 1. The Kier molecular flexibility index (Phi) is 5.56. The lowest BCUT2D eigenvalue weighted by molar-refractivity contribution is -0.176. The Morgan fingerprint density at radius 3 is 2.42 bits per heavy atom. The highest BCUT2D eigenvalue weighted by Crippen LogP contribution is 2.18. The fourth-order valence-corrected chi connectivity index (χ4v) is 1.97. The molecule has 0 radical (unpaired) electrons. The van der Waals surface area contributed by atoms with Crippen LogP contribution in [0.4, 0.5) is 23.2 Å². The molecule has 7 heteroatoms. The second-order valence-electron chi connectivity index (χ2n) is 5.24. The number of hydrogen-bond acceptors (Lipinski definition) is 2. The van der Waals surface area contributed by atoms with Gasteiger partial charge in [0.15, 0.2) is 0 Å². The van der Waals surface area contributed by atoms with Crippen LogP contribution in [0.15, 0.2) is 42.5 Å². The predicted molar refractivity (Wildman–Crippen MR) is 81.2 cm³/mol. The van der Waals surface area contributed by atoms with Crippen LogP contribution in [0.3, 0.4) is 0 Å². The van der Waals surface area contributed by atoms with Crippen molar-refractivity contribution in [2.75, 3.05) is 11.9 Å². The van der Waals surface area contributed by atoms with E-state index in [1.165, 1.54) is 36.4 Å². The van der Waals surface area contributed by atoms with Gasteiger partial charge in [-0.15, -0.1) is 0 Å². The molecule has 0 bridgehead atoms. The predicted octanol–water partition coefficient (Wildman–Crippen LogP) is 4.47. The number of rotatable bonds is 5. The van der Waals surface area contributed by atoms with Gasteiger partial charge < -0.3 is 10.1 Å². The molecule has 3 nitrogen and oxygen atoms in total. The van der Waals surface area contributed by atoms with Crippen molar-refractivity contribution in [3.8, 4) is 0 Å². The van der Waals surface area contributed by atoms with Crippen molar-refractivity contribution in [2.45, 2.75) is 19.7 Å². The quantitative estimate of drug-likeness (QED) is 0.815. The van der Waals surface area contributed by atoms with Crippen molar-refractivity contribution >= 4 is 11.6 Å². The Morgan fingerprint density at radius 1 is 1.12 bits per heavy atom. The molecule has 0 atom stereocenters. The summed E-state index contributed by atoms with van der Waals surface area (Å²) in [6.07, 6.45) is -4.38. The van der Waals surface area contributed by atoms with Crippen LogP contribution in [0.25, 0.3) is 0 Å². The number of halogens is 4. The van der Waals surface area contributed by atoms with Crippen molar-refractivity contribution in [3.63, 3.8) is 0 Å². The summed E-state index contributed by atoms with van der Waals surface area (Å²) in [6.45, 7) is 0.223. The van der Waals surface area contributed by atoms with E-state index < -0.39 is 24.5 Å². The average molecular weight is 341 g/mol. The van der Waals surface area contributed by atoms with Gasteiger partial charge in [-0.1, -0.05) is 18.2 Å². The molecule has 2 aromatic rings. The molecule has 0 aliphatic heterocycles. The van der Waals surface area contributed by atoms with E-state index in [-0.39, 0.29) is 17.9 Å². The SMILES string of the molecule is Cc1ccc(F)c(NC(=O)c2ccc(COCC(F)(F)F)cc2)c1. The second kappa shape index (κ2) is 7.44. The lowest BCUT2D eigenvalue weighted by Gasteiger charge is -2.09. The third-order valence-electron chi connectivity index (χ3n) is 3.12. The minimum absolute atomic E-state index is 0.0672. The van der Waals surface area contributed by atoms with Gasteiger partial charge in [0, 0.05) is 5.56 Å². The normalized spacial score (nSPS) is 11.4. The van der Waals surface area contributed by atoms with E-state index in [9.17, 15) is 22.4 Å². The summed E-state index contributed by atoms with van der Waals surface area (Å²) >= 11 is 0. The largest absolute Gasteiger partial charge is 0.411 e. The monoisotopic (exact) mass is 341 g/mol. The van der Waals surface area contributed by atoms with E-state index in [1.807, 2.05) is 0 Å². The lowest BCUT2D eigenvalue weighted by atomic mass is 10.1. The van der Waals surface area contributed by atoms with Gasteiger partial charge in [0.1, 0.15) is 12.4 Å². The maximum Gasteiger partial charge on any atom is 0.411 e. The number of nitrogens with one attached hydrogen (secondary N) is 1. The zero-order chi connectivity index (χ0) is 17.7. The molecule has 0 unspecified atom stereocenters. The smallest absolute Gasteiger partial charge is 0.367 e. The standard InChI is InChI=1S/C17H15F4NO2/c1-11-2-7-14(18)15(8-11)22-16(23)13-5-3-12(4-6-13)9-24-10-17(19,20)21/h2-8H,9-10H2,1H3,(H,22,23). The first-order valence-corrected chi connectivity index (χ1v) is 7.05. The zero-order valence-corrected chi connectivity index (χ0v) is 12.8. The molecule has 0 heterocycles. The van der Waals surface area contributed by atoms with Crippen LogP contribution in [0.1, 0.15) is 21.5 Å². The summed E-state index contributed by atoms with van der Waals surface area (Å²) in [5.41, 5.74) is 1.62. The first-order chi connectivity index (χ1) is 11.2. The number of hydrogen-bond donors (Lipinski definition) is 1. The molecule has 0 fully saturated rings. The van der Waals surface area contributed by atoms with Crippen molar-refractivity contribution < 1.29 is 27.1 Å². The highest BCUT2D eigenvalue weighted by Gasteiger charge is 2.27. The lowest BCUT2D eigenvalue weighted by Crippen LogP contribution is -2.16. The second-order valence-corrected chi connectivity index (χ2v) is 5.24. The van der Waals surface area contributed by atoms with Gasteiger partial charge in [0.2, 0.25) is 0 Å². The van der Waals surface area contributed by atoms with Crippen LogP contribution < -0.4 is 5.32 Å². The molecule has 0 saturated heterocycles. The Morgan fingerprint density at radius 2 is 1.79 bits per heavy atom. The summed E-state index contributed by atoms with van der Waals surface area (Å²) in [6, 6.07) is 10.2. The van der Waals surface area contributed by atoms with Gasteiger partial charge in [-0.2, -0.15) is 13.2 Å². The van der Waals surface area contributed by atoms with E-state index >= 15 is 0 Å². The fraction of sp³-hybridized carbons (Fsp3) is 0.235. The van der Waals surface area contributed by atoms with Crippen LogP contribution >= 0.6 is 0 Å². The third kappa shape index (κ3) is 5.34. The minimum Gasteiger partial charge on any atom is -0.367 e. The van der Waals surface area contributed by atoms with Gasteiger partial charge in [0.05, 0.1) is 12.3 Å². The van der Waals surface area contributed by atoms with Crippen LogP contribution in [0.5, 0.6) is 0 Å². The average Bonchev–Trinajstić information content (AvgIpc) is 2.50. The molecule has 1 amide bonds. The highest BCUT2D eigenvalue weighted by atomic mass is 19.4. The fourth-order valence-electron chi connectivity index (χ4n) is 1.97. The van der Waals surface area contributed by atoms with Crippen LogP contribution in [-0.4, -0.2) is 18.7 Å². The molecule has 2 rings (SSSR count). The molecule has 0 aliphatic carbocycles. The van der Waals surface area contributed by atoms with E-state index in [0.717, 1.165) is 5.56 Å². The number of amides is 1. The molecular weight excluding hydrogens is 326 g/mol. The van der Waals surface area contributed by atoms with Crippen LogP contribution in [0.2, 0.25) is 0 Å². The molecule has 128 valence electrons. The number of benzene rings is 2. The summed E-state index contributed by atoms with van der Waals surface area (Å²) in [7, 11) is 0. The van der Waals surface area contributed by atoms with Crippen molar-refractivity contribution in [2.24, 2.45) is 0 Å². The van der Waals surface area contributed by atoms with Gasteiger partial charge in [-0.05, 0) is 42.3 Å². The molecule has 2 aromatic carbocycles. The molecule has 0 aliphatic rings. The van der Waals surface area contributed by atoms with Gasteiger partial charge in [0.25, 0.3) is 5.91 Å². The third-order valence-corrected chi connectivity index (χ3v) is 3.12. The summed E-state index contributed by atoms with van der Waals surface area (Å²) < 4.78 is 54.1. The van der Waals surface area contributed by atoms with Gasteiger partial charge >= 0.3 is 6.18 Å². The number of aryl methyl sites for hydroxylation is 1. The molecule has 0 spiro atoms. The number of ether oxygens (including phenoxy) is 1. The maximum absolute atomic E-state index is 13.6. The van der Waals surface area contributed by atoms with E-state index in [4.69, 9.17) is 0 Å². The van der Waals surface area contributed by atoms with Crippen molar-refractivity contribution in [1.29, 1.82) is 0 Å². The first-order valence-electron chi connectivity index (χ1n) is 7.05. The van der Waals surface area contributed by atoms with Crippen molar-refractivity contribution in [1.82, 2.24) is 0 Å². The van der Waals surface area contributed by atoms with E-state index in [0.29, 0.717) is 5.56 Å². The molecule has 0 saturated carbocycles. The Bertz CT molecular complexity index is 712. The summed E-state index contributed by atoms with van der Waals surface area (Å²) in [5, 5.41) is 2.46. The summed E-state index contributed by atoms with van der Waals surface area (Å²) in [4.78, 5) is 12.1. The summed E-state index contributed by atoms with van der Waals surface area (Å²) in [5.74, 6) is -1.06. The van der Waals surface area contributed by atoms with E-state index in [2.05, 4.69) is 10.1 Å².